The van der Waals surface area contributed by atoms with Crippen LogP contribution in [0.1, 0.15) is 11.1 Å². The van der Waals surface area contributed by atoms with Gasteiger partial charge in [0, 0.05) is 12.1 Å². The molecular weight excluding hydrogens is 293 g/mol. The van der Waals surface area contributed by atoms with Crippen LogP contribution in [0, 0.1) is 5.82 Å². The van der Waals surface area contributed by atoms with E-state index in [4.69, 9.17) is 10.5 Å². The second-order valence-electron chi connectivity index (χ2n) is 4.57. The van der Waals surface area contributed by atoms with Gasteiger partial charge < -0.3 is 10.5 Å². The van der Waals surface area contributed by atoms with Gasteiger partial charge in [-0.05, 0) is 29.8 Å². The fourth-order valence-corrected chi connectivity index (χ4v) is 3.31. The molecule has 0 saturated carbocycles. The van der Waals surface area contributed by atoms with Crippen LogP contribution in [0.25, 0.3) is 0 Å². The molecule has 0 atom stereocenters. The molecule has 0 fully saturated rings. The van der Waals surface area contributed by atoms with Crippen LogP contribution in [0.3, 0.4) is 0 Å². The van der Waals surface area contributed by atoms with Gasteiger partial charge in [-0.3, -0.25) is 0 Å². The smallest absolute Gasteiger partial charge is 0.182 e. The number of rotatable bonds is 5. The number of nitrogens with two attached hydrogens (primary N) is 1. The highest BCUT2D eigenvalue weighted by Crippen LogP contribution is 2.22. The molecule has 2 aromatic rings. The minimum absolute atomic E-state index is 0.101. The van der Waals surface area contributed by atoms with Gasteiger partial charge in [0.25, 0.3) is 0 Å². The van der Waals surface area contributed by atoms with Crippen molar-refractivity contribution < 1.29 is 17.5 Å². The molecule has 2 aromatic carbocycles. The summed E-state index contributed by atoms with van der Waals surface area (Å²) in [4.78, 5) is 0.101. The molecule has 2 rings (SSSR count). The van der Waals surface area contributed by atoms with E-state index in [-0.39, 0.29) is 17.0 Å². The average molecular weight is 309 g/mol. The van der Waals surface area contributed by atoms with Crippen LogP contribution in [0.4, 0.5) is 4.39 Å². The van der Waals surface area contributed by atoms with E-state index in [1.165, 1.54) is 31.4 Å². The first kappa shape index (κ1) is 15.5. The molecule has 0 aromatic heterocycles. The Morgan fingerprint density at radius 1 is 1.19 bits per heavy atom. The Balaban J connectivity index is 2.32. The quantitative estimate of drug-likeness (QED) is 0.920. The normalized spacial score (nSPS) is 11.4. The zero-order chi connectivity index (χ0) is 15.5. The number of hydrogen-bond donors (Lipinski definition) is 1. The van der Waals surface area contributed by atoms with Crippen molar-refractivity contribution in [2.45, 2.75) is 17.2 Å². The Hall–Kier alpha value is -1.92. The third kappa shape index (κ3) is 3.59. The van der Waals surface area contributed by atoms with Crippen molar-refractivity contribution in [3.05, 3.63) is 59.4 Å². The molecule has 21 heavy (non-hydrogen) atoms. The van der Waals surface area contributed by atoms with Gasteiger partial charge in [0.1, 0.15) is 11.6 Å². The Morgan fingerprint density at radius 2 is 1.95 bits per heavy atom. The van der Waals surface area contributed by atoms with Crippen LogP contribution >= 0.6 is 0 Å². The van der Waals surface area contributed by atoms with Crippen molar-refractivity contribution >= 4 is 9.84 Å². The summed E-state index contributed by atoms with van der Waals surface area (Å²) in [6, 6.07) is 10.5. The highest BCUT2D eigenvalue weighted by Gasteiger charge is 2.18. The van der Waals surface area contributed by atoms with Gasteiger partial charge in [-0.2, -0.15) is 0 Å². The molecule has 0 aliphatic rings. The molecule has 0 saturated heterocycles. The first-order valence-electron chi connectivity index (χ1n) is 6.30. The average Bonchev–Trinajstić information content (AvgIpc) is 2.49. The predicted octanol–water partition coefficient (Wildman–Crippen LogP) is 2.27. The lowest BCUT2D eigenvalue weighted by Gasteiger charge is -2.08. The Kier molecular flexibility index (Phi) is 4.59. The van der Waals surface area contributed by atoms with Crippen molar-refractivity contribution in [3.8, 4) is 5.75 Å². The highest BCUT2D eigenvalue weighted by molar-refractivity contribution is 7.90. The fourth-order valence-electron chi connectivity index (χ4n) is 1.92. The van der Waals surface area contributed by atoms with E-state index in [1.54, 1.807) is 18.2 Å². The molecule has 0 aliphatic carbocycles. The Labute approximate surface area is 123 Å². The summed E-state index contributed by atoms with van der Waals surface area (Å²) in [7, 11) is -2.18. The van der Waals surface area contributed by atoms with E-state index >= 15 is 0 Å². The molecule has 6 heteroatoms. The van der Waals surface area contributed by atoms with Gasteiger partial charge in [0.05, 0.1) is 17.8 Å². The van der Waals surface area contributed by atoms with Crippen molar-refractivity contribution in [2.75, 3.05) is 7.11 Å². The first-order chi connectivity index (χ1) is 9.96. The standard InChI is InChI=1S/C15H16FNO3S/c1-20-13-3-2-4-14(8-13)21(18,19)10-12-6-5-11(9-17)7-15(12)16/h2-8H,9-10,17H2,1H3. The predicted molar refractivity (Wildman–Crippen MR) is 78.2 cm³/mol. The third-order valence-electron chi connectivity index (χ3n) is 3.10. The highest BCUT2D eigenvalue weighted by atomic mass is 32.2. The summed E-state index contributed by atoms with van der Waals surface area (Å²) < 4.78 is 43.5. The Morgan fingerprint density at radius 3 is 2.57 bits per heavy atom. The number of methoxy groups -OCH3 is 1. The second kappa shape index (κ2) is 6.24. The lowest BCUT2D eigenvalue weighted by Crippen LogP contribution is -2.07. The van der Waals surface area contributed by atoms with Gasteiger partial charge in [-0.1, -0.05) is 18.2 Å². The fraction of sp³-hybridized carbons (Fsp3) is 0.200. The van der Waals surface area contributed by atoms with E-state index < -0.39 is 21.4 Å². The minimum Gasteiger partial charge on any atom is -0.497 e. The van der Waals surface area contributed by atoms with Crippen LogP contribution < -0.4 is 10.5 Å². The molecular formula is C15H16FNO3S. The molecule has 0 unspecified atom stereocenters. The number of hydrogen-bond acceptors (Lipinski definition) is 4. The molecule has 4 nitrogen and oxygen atoms in total. The van der Waals surface area contributed by atoms with Gasteiger partial charge in [0.15, 0.2) is 9.84 Å². The lowest BCUT2D eigenvalue weighted by molar-refractivity contribution is 0.413. The van der Waals surface area contributed by atoms with Crippen molar-refractivity contribution in [2.24, 2.45) is 5.73 Å². The van der Waals surface area contributed by atoms with Crippen LogP contribution in [-0.2, 0) is 22.1 Å². The van der Waals surface area contributed by atoms with E-state index in [0.29, 0.717) is 11.3 Å². The lowest BCUT2D eigenvalue weighted by atomic mass is 10.1. The van der Waals surface area contributed by atoms with Crippen molar-refractivity contribution in [3.63, 3.8) is 0 Å². The third-order valence-corrected chi connectivity index (χ3v) is 4.76. The van der Waals surface area contributed by atoms with Gasteiger partial charge >= 0.3 is 0 Å². The SMILES string of the molecule is COc1cccc(S(=O)(=O)Cc2ccc(CN)cc2F)c1. The van der Waals surface area contributed by atoms with E-state index in [1.807, 2.05) is 0 Å². The number of benzene rings is 2. The van der Waals surface area contributed by atoms with Gasteiger partial charge in [-0.15, -0.1) is 0 Å². The maximum Gasteiger partial charge on any atom is 0.182 e. The summed E-state index contributed by atoms with van der Waals surface area (Å²) in [5.41, 5.74) is 6.16. The maximum absolute atomic E-state index is 13.9. The molecule has 0 aliphatic heterocycles. The molecule has 0 spiro atoms. The van der Waals surface area contributed by atoms with Gasteiger partial charge in [0.2, 0.25) is 0 Å². The summed E-state index contributed by atoms with van der Waals surface area (Å²) in [6.07, 6.45) is 0. The summed E-state index contributed by atoms with van der Waals surface area (Å²) in [5, 5.41) is 0. The minimum atomic E-state index is -3.64. The molecule has 0 bridgehead atoms. The van der Waals surface area contributed by atoms with Crippen LogP contribution in [0.5, 0.6) is 5.75 Å². The van der Waals surface area contributed by atoms with E-state index in [2.05, 4.69) is 0 Å². The monoisotopic (exact) mass is 309 g/mol. The number of halogens is 1. The molecule has 0 amide bonds. The molecule has 2 N–H and O–H groups in total. The summed E-state index contributed by atoms with van der Waals surface area (Å²) in [5.74, 6) is -0.531. The second-order valence-corrected chi connectivity index (χ2v) is 6.56. The summed E-state index contributed by atoms with van der Waals surface area (Å²) >= 11 is 0. The summed E-state index contributed by atoms with van der Waals surface area (Å²) in [6.45, 7) is 0.208. The Bertz CT molecular complexity index is 744. The van der Waals surface area contributed by atoms with Crippen molar-refractivity contribution in [1.29, 1.82) is 0 Å². The molecule has 0 heterocycles. The maximum atomic E-state index is 13.9. The van der Waals surface area contributed by atoms with E-state index in [0.717, 1.165) is 0 Å². The molecule has 112 valence electrons. The molecule has 0 radical (unpaired) electrons. The van der Waals surface area contributed by atoms with E-state index in [9.17, 15) is 12.8 Å². The van der Waals surface area contributed by atoms with Gasteiger partial charge in [-0.25, -0.2) is 12.8 Å². The largest absolute Gasteiger partial charge is 0.497 e. The zero-order valence-corrected chi connectivity index (χ0v) is 12.4. The van der Waals surface area contributed by atoms with Crippen LogP contribution in [0.2, 0.25) is 0 Å². The number of ether oxygens (including phenoxy) is 1. The van der Waals surface area contributed by atoms with Crippen LogP contribution in [0.15, 0.2) is 47.4 Å². The topological polar surface area (TPSA) is 69.4 Å². The zero-order valence-electron chi connectivity index (χ0n) is 11.5. The number of sulfone groups is 1. The van der Waals surface area contributed by atoms with Crippen molar-refractivity contribution in [1.82, 2.24) is 0 Å². The first-order valence-corrected chi connectivity index (χ1v) is 7.95. The van der Waals surface area contributed by atoms with Crippen LogP contribution in [-0.4, -0.2) is 15.5 Å².